The Kier molecular flexibility index (Phi) is 5.15. The fraction of sp³-hybridized carbons (Fsp3) is 0.667. The Morgan fingerprint density at radius 3 is 1.90 bits per heavy atom. The first-order valence-electron chi connectivity index (χ1n) is 8.14. The molecule has 0 radical (unpaired) electrons. The van der Waals surface area contributed by atoms with E-state index >= 15 is 0 Å². The van der Waals surface area contributed by atoms with Gasteiger partial charge in [0.2, 0.25) is 0 Å². The molecule has 0 amide bonds. The van der Waals surface area contributed by atoms with Gasteiger partial charge in [-0.25, -0.2) is 0 Å². The smallest absolute Gasteiger partial charge is 0.185 e. The minimum atomic E-state index is 0.114. The summed E-state index contributed by atoms with van der Waals surface area (Å²) >= 11 is 0. The number of nitrogens with one attached hydrogen (secondary N) is 1. The minimum Gasteiger partial charge on any atom is -0.315 e. The molecule has 0 saturated heterocycles. The lowest BCUT2D eigenvalue weighted by atomic mass is 9.83. The van der Waals surface area contributed by atoms with Crippen molar-refractivity contribution in [2.75, 3.05) is 6.54 Å². The third kappa shape index (κ3) is 3.52. The average molecular weight is 289 g/mol. The van der Waals surface area contributed by atoms with Gasteiger partial charge in [0.05, 0.1) is 0 Å². The SMILES string of the molecule is CC1=C(C)C(=O)C2=C(CCC(CCNC(C)C)CC2)C1=O. The quantitative estimate of drug-likeness (QED) is 0.807. The van der Waals surface area contributed by atoms with Crippen molar-refractivity contribution >= 4 is 11.6 Å². The summed E-state index contributed by atoms with van der Waals surface area (Å²) in [5, 5.41) is 3.45. The first-order chi connectivity index (χ1) is 9.91. The van der Waals surface area contributed by atoms with Crippen LogP contribution in [0, 0.1) is 5.92 Å². The summed E-state index contributed by atoms with van der Waals surface area (Å²) in [5.41, 5.74) is 2.92. The second-order valence-corrected chi connectivity index (χ2v) is 6.71. The standard InChI is InChI=1S/C18H27NO2/c1-11(2)19-10-9-14-5-7-15-16(8-6-14)18(21)13(4)12(3)17(15)20/h11,14,19H,5-10H2,1-4H3. The Morgan fingerprint density at radius 1 is 1.00 bits per heavy atom. The van der Waals surface area contributed by atoms with E-state index in [1.54, 1.807) is 13.8 Å². The van der Waals surface area contributed by atoms with Crippen molar-refractivity contribution in [1.29, 1.82) is 0 Å². The van der Waals surface area contributed by atoms with E-state index in [4.69, 9.17) is 0 Å². The Labute approximate surface area is 127 Å². The molecular weight excluding hydrogens is 262 g/mol. The summed E-state index contributed by atoms with van der Waals surface area (Å²) in [6.07, 6.45) is 4.74. The van der Waals surface area contributed by atoms with Gasteiger partial charge < -0.3 is 5.32 Å². The van der Waals surface area contributed by atoms with E-state index in [-0.39, 0.29) is 11.6 Å². The number of ketones is 2. The van der Waals surface area contributed by atoms with Gasteiger partial charge in [-0.05, 0) is 58.4 Å². The van der Waals surface area contributed by atoms with E-state index in [0.717, 1.165) is 49.8 Å². The lowest BCUT2D eigenvalue weighted by molar-refractivity contribution is -0.116. The van der Waals surface area contributed by atoms with Gasteiger partial charge in [-0.3, -0.25) is 9.59 Å². The molecule has 0 aromatic heterocycles. The molecule has 0 saturated carbocycles. The van der Waals surface area contributed by atoms with Gasteiger partial charge >= 0.3 is 0 Å². The molecule has 21 heavy (non-hydrogen) atoms. The summed E-state index contributed by atoms with van der Waals surface area (Å²) in [4.78, 5) is 24.8. The highest BCUT2D eigenvalue weighted by molar-refractivity contribution is 6.24. The Hall–Kier alpha value is -1.22. The maximum atomic E-state index is 12.4. The van der Waals surface area contributed by atoms with Crippen molar-refractivity contribution in [2.24, 2.45) is 5.92 Å². The molecule has 0 fully saturated rings. The normalized spacial score (nSPS) is 21.2. The van der Waals surface area contributed by atoms with Gasteiger partial charge in [0.25, 0.3) is 0 Å². The average Bonchev–Trinajstić information content (AvgIpc) is 2.65. The topological polar surface area (TPSA) is 46.2 Å². The van der Waals surface area contributed by atoms with Crippen molar-refractivity contribution in [1.82, 2.24) is 5.32 Å². The summed E-state index contributed by atoms with van der Waals surface area (Å²) < 4.78 is 0. The second kappa shape index (κ2) is 6.69. The molecule has 3 heteroatoms. The molecule has 3 nitrogen and oxygen atoms in total. The Morgan fingerprint density at radius 2 is 1.48 bits per heavy atom. The highest BCUT2D eigenvalue weighted by Crippen LogP contribution is 2.36. The number of hydrogen-bond donors (Lipinski definition) is 1. The number of hydrogen-bond acceptors (Lipinski definition) is 3. The van der Waals surface area contributed by atoms with Crippen molar-refractivity contribution in [3.05, 3.63) is 22.3 Å². The van der Waals surface area contributed by atoms with Gasteiger partial charge in [-0.1, -0.05) is 13.8 Å². The second-order valence-electron chi connectivity index (χ2n) is 6.71. The first kappa shape index (κ1) is 16.2. The molecule has 2 aliphatic carbocycles. The van der Waals surface area contributed by atoms with Crippen LogP contribution in [0.1, 0.15) is 59.8 Å². The van der Waals surface area contributed by atoms with Gasteiger partial charge in [0.1, 0.15) is 0 Å². The molecule has 0 atom stereocenters. The summed E-state index contributed by atoms with van der Waals surface area (Å²) in [5.74, 6) is 0.842. The van der Waals surface area contributed by atoms with Gasteiger partial charge in [0.15, 0.2) is 11.6 Å². The van der Waals surface area contributed by atoms with E-state index in [9.17, 15) is 9.59 Å². The largest absolute Gasteiger partial charge is 0.315 e. The Bertz CT molecular complexity index is 473. The Balaban J connectivity index is 2.02. The third-order valence-electron chi connectivity index (χ3n) is 4.87. The fourth-order valence-electron chi connectivity index (χ4n) is 3.30. The zero-order valence-electron chi connectivity index (χ0n) is 13.7. The number of Topliss-reactive ketones (excluding diaryl/α,β-unsaturated/α-hetero) is 2. The first-order valence-corrected chi connectivity index (χ1v) is 8.14. The molecule has 0 heterocycles. The van der Waals surface area contributed by atoms with Crippen molar-refractivity contribution in [3.63, 3.8) is 0 Å². The van der Waals surface area contributed by atoms with Gasteiger partial charge in [-0.15, -0.1) is 0 Å². The fourth-order valence-corrected chi connectivity index (χ4v) is 3.30. The van der Waals surface area contributed by atoms with Crippen LogP contribution in [0.25, 0.3) is 0 Å². The summed E-state index contributed by atoms with van der Waals surface area (Å²) in [6.45, 7) is 8.90. The molecule has 0 spiro atoms. The number of carbonyl (C=O) groups is 2. The number of carbonyl (C=O) groups excluding carboxylic acids is 2. The van der Waals surface area contributed by atoms with Crippen LogP contribution in [0.15, 0.2) is 22.3 Å². The van der Waals surface area contributed by atoms with E-state index in [1.165, 1.54) is 0 Å². The number of allylic oxidation sites excluding steroid dienone is 4. The molecule has 2 aliphatic rings. The van der Waals surface area contributed by atoms with E-state index in [0.29, 0.717) is 23.1 Å². The van der Waals surface area contributed by atoms with Crippen LogP contribution in [0.4, 0.5) is 0 Å². The summed E-state index contributed by atoms with van der Waals surface area (Å²) in [7, 11) is 0. The zero-order valence-corrected chi connectivity index (χ0v) is 13.7. The van der Waals surface area contributed by atoms with Crippen LogP contribution in [0.3, 0.4) is 0 Å². The van der Waals surface area contributed by atoms with Gasteiger partial charge in [0, 0.05) is 28.3 Å². The van der Waals surface area contributed by atoms with E-state index < -0.39 is 0 Å². The van der Waals surface area contributed by atoms with Crippen LogP contribution < -0.4 is 5.32 Å². The maximum absolute atomic E-state index is 12.4. The van der Waals surface area contributed by atoms with Crippen LogP contribution in [0.5, 0.6) is 0 Å². The van der Waals surface area contributed by atoms with Crippen LogP contribution in [-0.4, -0.2) is 24.2 Å². The molecule has 0 aromatic carbocycles. The van der Waals surface area contributed by atoms with Crippen molar-refractivity contribution in [3.8, 4) is 0 Å². The molecule has 1 N–H and O–H groups in total. The lowest BCUT2D eigenvalue weighted by Crippen LogP contribution is -2.25. The zero-order chi connectivity index (χ0) is 15.6. The monoisotopic (exact) mass is 289 g/mol. The predicted molar refractivity (Wildman–Crippen MR) is 85.1 cm³/mol. The van der Waals surface area contributed by atoms with E-state index in [1.807, 2.05) is 0 Å². The molecular formula is C18H27NO2. The van der Waals surface area contributed by atoms with Crippen LogP contribution in [0.2, 0.25) is 0 Å². The van der Waals surface area contributed by atoms with Crippen LogP contribution >= 0.6 is 0 Å². The van der Waals surface area contributed by atoms with Gasteiger partial charge in [-0.2, -0.15) is 0 Å². The molecule has 116 valence electrons. The molecule has 0 unspecified atom stereocenters. The lowest BCUT2D eigenvalue weighted by Gasteiger charge is -2.18. The highest BCUT2D eigenvalue weighted by atomic mass is 16.1. The maximum Gasteiger partial charge on any atom is 0.185 e. The predicted octanol–water partition coefficient (Wildman–Crippen LogP) is 3.35. The van der Waals surface area contributed by atoms with Crippen molar-refractivity contribution in [2.45, 2.75) is 65.8 Å². The molecule has 2 rings (SSSR count). The molecule has 0 bridgehead atoms. The highest BCUT2D eigenvalue weighted by Gasteiger charge is 2.32. The van der Waals surface area contributed by atoms with Crippen molar-refractivity contribution < 1.29 is 9.59 Å². The summed E-state index contributed by atoms with van der Waals surface area (Å²) in [6, 6.07) is 0.514. The number of rotatable bonds is 4. The molecule has 0 aromatic rings. The van der Waals surface area contributed by atoms with Crippen LogP contribution in [-0.2, 0) is 9.59 Å². The molecule has 0 aliphatic heterocycles. The van der Waals surface area contributed by atoms with E-state index in [2.05, 4.69) is 19.2 Å². The minimum absolute atomic E-state index is 0.114. The third-order valence-corrected chi connectivity index (χ3v) is 4.87.